The molecule has 3 rings (SSSR count). The Morgan fingerprint density at radius 2 is 1.90 bits per heavy atom. The van der Waals surface area contributed by atoms with Gasteiger partial charge in [-0.15, -0.1) is 0 Å². The molecule has 0 atom stereocenters. The van der Waals surface area contributed by atoms with Crippen molar-refractivity contribution in [2.45, 2.75) is 6.54 Å². The number of rotatable bonds is 7. The molecular formula is C20H22F3N3O3. The summed E-state index contributed by atoms with van der Waals surface area (Å²) in [7, 11) is 0. The van der Waals surface area contributed by atoms with Crippen LogP contribution in [0, 0.1) is 17.5 Å². The molecule has 0 saturated carbocycles. The third-order valence-corrected chi connectivity index (χ3v) is 4.41. The van der Waals surface area contributed by atoms with E-state index in [0.717, 1.165) is 50.5 Å². The second-order valence-electron chi connectivity index (χ2n) is 6.48. The standard InChI is InChI=1S/C20H22F3N3O3/c21-16-4-5-17(19(23)18(16)22)25-20(27)24-13-14-2-1-3-15(12-14)29-11-8-26-6-9-28-10-7-26/h1-5,12H,6-11,13H2,(H2,24,25,27). The summed E-state index contributed by atoms with van der Waals surface area (Å²) in [6.45, 7) is 4.73. The van der Waals surface area contributed by atoms with E-state index in [0.29, 0.717) is 12.4 Å². The van der Waals surface area contributed by atoms with Crippen LogP contribution >= 0.6 is 0 Å². The number of carbonyl (C=O) groups excluding carboxylic acids is 1. The minimum Gasteiger partial charge on any atom is -0.492 e. The largest absolute Gasteiger partial charge is 0.492 e. The Labute approximate surface area is 166 Å². The second kappa shape index (κ2) is 10.1. The molecule has 2 N–H and O–H groups in total. The number of urea groups is 1. The predicted molar refractivity (Wildman–Crippen MR) is 101 cm³/mol. The summed E-state index contributed by atoms with van der Waals surface area (Å²) >= 11 is 0. The van der Waals surface area contributed by atoms with Crippen LogP contribution in [0.15, 0.2) is 36.4 Å². The van der Waals surface area contributed by atoms with E-state index < -0.39 is 29.2 Å². The molecule has 1 fully saturated rings. The van der Waals surface area contributed by atoms with Crippen LogP contribution in [-0.2, 0) is 11.3 Å². The first-order chi connectivity index (χ1) is 14.0. The lowest BCUT2D eigenvalue weighted by Crippen LogP contribution is -2.38. The van der Waals surface area contributed by atoms with Gasteiger partial charge in [-0.3, -0.25) is 4.90 Å². The second-order valence-corrected chi connectivity index (χ2v) is 6.48. The average molecular weight is 409 g/mol. The van der Waals surface area contributed by atoms with Gasteiger partial charge in [-0.05, 0) is 29.8 Å². The van der Waals surface area contributed by atoms with Gasteiger partial charge in [-0.2, -0.15) is 0 Å². The number of benzene rings is 2. The molecule has 6 nitrogen and oxygen atoms in total. The van der Waals surface area contributed by atoms with E-state index in [1.165, 1.54) is 0 Å². The van der Waals surface area contributed by atoms with Crippen molar-refractivity contribution in [3.63, 3.8) is 0 Å². The first-order valence-corrected chi connectivity index (χ1v) is 9.23. The summed E-state index contributed by atoms with van der Waals surface area (Å²) in [5, 5.41) is 4.69. The van der Waals surface area contributed by atoms with Gasteiger partial charge in [0.15, 0.2) is 17.5 Å². The molecule has 0 radical (unpaired) electrons. The quantitative estimate of drug-likeness (QED) is 0.690. The maximum Gasteiger partial charge on any atom is 0.319 e. The maximum absolute atomic E-state index is 13.6. The lowest BCUT2D eigenvalue weighted by Gasteiger charge is -2.26. The molecule has 0 aromatic heterocycles. The lowest BCUT2D eigenvalue weighted by molar-refractivity contribution is 0.0322. The van der Waals surface area contributed by atoms with Crippen molar-refractivity contribution in [3.05, 3.63) is 59.4 Å². The first kappa shape index (κ1) is 20.9. The normalized spacial score (nSPS) is 14.4. The van der Waals surface area contributed by atoms with Gasteiger partial charge in [0.1, 0.15) is 12.4 Å². The molecule has 1 heterocycles. The van der Waals surface area contributed by atoms with E-state index in [1.807, 2.05) is 6.07 Å². The Morgan fingerprint density at radius 3 is 2.69 bits per heavy atom. The van der Waals surface area contributed by atoms with Crippen LogP contribution in [0.2, 0.25) is 0 Å². The molecular weight excluding hydrogens is 387 g/mol. The molecule has 0 aliphatic carbocycles. The zero-order valence-electron chi connectivity index (χ0n) is 15.7. The molecule has 2 amide bonds. The van der Waals surface area contributed by atoms with Gasteiger partial charge in [0.25, 0.3) is 0 Å². The number of ether oxygens (including phenoxy) is 2. The minimum absolute atomic E-state index is 0.151. The number of hydrogen-bond donors (Lipinski definition) is 2. The summed E-state index contributed by atoms with van der Waals surface area (Å²) in [6, 6.07) is 8.16. The van der Waals surface area contributed by atoms with Crippen molar-refractivity contribution < 1.29 is 27.4 Å². The molecule has 0 spiro atoms. The van der Waals surface area contributed by atoms with E-state index in [9.17, 15) is 18.0 Å². The highest BCUT2D eigenvalue weighted by molar-refractivity contribution is 5.89. The molecule has 1 aliphatic rings. The van der Waals surface area contributed by atoms with Crippen LogP contribution in [0.4, 0.5) is 23.7 Å². The summed E-state index contributed by atoms with van der Waals surface area (Å²) < 4.78 is 50.8. The van der Waals surface area contributed by atoms with Gasteiger partial charge in [0.2, 0.25) is 0 Å². The van der Waals surface area contributed by atoms with Gasteiger partial charge < -0.3 is 20.1 Å². The fourth-order valence-electron chi connectivity index (χ4n) is 2.83. The highest BCUT2D eigenvalue weighted by Crippen LogP contribution is 2.19. The molecule has 2 aromatic rings. The number of carbonyl (C=O) groups is 1. The minimum atomic E-state index is -1.63. The number of hydrogen-bond acceptors (Lipinski definition) is 4. The molecule has 156 valence electrons. The Kier molecular flexibility index (Phi) is 7.31. The maximum atomic E-state index is 13.6. The van der Waals surface area contributed by atoms with Crippen molar-refractivity contribution in [1.82, 2.24) is 10.2 Å². The van der Waals surface area contributed by atoms with Crippen molar-refractivity contribution in [2.24, 2.45) is 0 Å². The monoisotopic (exact) mass is 409 g/mol. The predicted octanol–water partition coefficient (Wildman–Crippen LogP) is 3.14. The van der Waals surface area contributed by atoms with E-state index in [2.05, 4.69) is 15.5 Å². The van der Waals surface area contributed by atoms with Crippen molar-refractivity contribution in [3.8, 4) is 5.75 Å². The van der Waals surface area contributed by atoms with Gasteiger partial charge >= 0.3 is 6.03 Å². The van der Waals surface area contributed by atoms with Crippen LogP contribution in [0.25, 0.3) is 0 Å². The van der Waals surface area contributed by atoms with Gasteiger partial charge in [-0.1, -0.05) is 12.1 Å². The van der Waals surface area contributed by atoms with Crippen LogP contribution < -0.4 is 15.4 Å². The molecule has 1 saturated heterocycles. The first-order valence-electron chi connectivity index (χ1n) is 9.23. The summed E-state index contributed by atoms with van der Waals surface area (Å²) in [5.41, 5.74) is 0.330. The number of nitrogens with one attached hydrogen (secondary N) is 2. The van der Waals surface area contributed by atoms with Crippen LogP contribution in [-0.4, -0.2) is 50.4 Å². The topological polar surface area (TPSA) is 62.8 Å². The lowest BCUT2D eigenvalue weighted by atomic mass is 10.2. The Balaban J connectivity index is 1.46. The number of nitrogens with zero attached hydrogens (tertiary/aromatic N) is 1. The summed E-state index contributed by atoms with van der Waals surface area (Å²) in [6.07, 6.45) is 0. The molecule has 1 aliphatic heterocycles. The Hall–Kier alpha value is -2.78. The number of amides is 2. The highest BCUT2D eigenvalue weighted by atomic mass is 19.2. The van der Waals surface area contributed by atoms with E-state index in [1.54, 1.807) is 18.2 Å². The van der Waals surface area contributed by atoms with E-state index in [-0.39, 0.29) is 6.54 Å². The zero-order chi connectivity index (χ0) is 20.6. The SMILES string of the molecule is O=C(NCc1cccc(OCCN2CCOCC2)c1)Nc1ccc(F)c(F)c1F. The van der Waals surface area contributed by atoms with Gasteiger partial charge in [0, 0.05) is 26.2 Å². The van der Waals surface area contributed by atoms with Crippen LogP contribution in [0.1, 0.15) is 5.56 Å². The van der Waals surface area contributed by atoms with E-state index >= 15 is 0 Å². The van der Waals surface area contributed by atoms with Gasteiger partial charge in [0.05, 0.1) is 18.9 Å². The van der Waals surface area contributed by atoms with Gasteiger partial charge in [-0.25, -0.2) is 18.0 Å². The zero-order valence-corrected chi connectivity index (χ0v) is 15.7. The number of morpholine rings is 1. The number of anilines is 1. The molecule has 0 bridgehead atoms. The Morgan fingerprint density at radius 1 is 1.10 bits per heavy atom. The molecule has 29 heavy (non-hydrogen) atoms. The highest BCUT2D eigenvalue weighted by Gasteiger charge is 2.15. The van der Waals surface area contributed by atoms with Crippen molar-refractivity contribution in [2.75, 3.05) is 44.8 Å². The average Bonchev–Trinajstić information content (AvgIpc) is 2.74. The summed E-state index contributed by atoms with van der Waals surface area (Å²) in [4.78, 5) is 14.2. The number of halogens is 3. The molecule has 9 heteroatoms. The summed E-state index contributed by atoms with van der Waals surface area (Å²) in [5.74, 6) is -3.73. The Bertz CT molecular complexity index is 845. The fourth-order valence-corrected chi connectivity index (χ4v) is 2.83. The van der Waals surface area contributed by atoms with Crippen molar-refractivity contribution >= 4 is 11.7 Å². The van der Waals surface area contributed by atoms with E-state index in [4.69, 9.17) is 9.47 Å². The van der Waals surface area contributed by atoms with Crippen LogP contribution in [0.3, 0.4) is 0 Å². The fraction of sp³-hybridized carbons (Fsp3) is 0.350. The molecule has 0 unspecified atom stereocenters. The third-order valence-electron chi connectivity index (χ3n) is 4.41. The smallest absolute Gasteiger partial charge is 0.319 e. The molecule has 2 aromatic carbocycles. The van der Waals surface area contributed by atoms with Crippen molar-refractivity contribution in [1.29, 1.82) is 0 Å². The third kappa shape index (κ3) is 6.10. The van der Waals surface area contributed by atoms with Crippen LogP contribution in [0.5, 0.6) is 5.75 Å².